The molecule has 4 nitrogen and oxygen atoms in total. The van der Waals surface area contributed by atoms with E-state index in [9.17, 15) is 4.79 Å². The lowest BCUT2D eigenvalue weighted by atomic mass is 9.92. The first kappa shape index (κ1) is 11.4. The van der Waals surface area contributed by atoms with E-state index in [2.05, 4.69) is 16.7 Å². The Balaban J connectivity index is 1.78. The zero-order valence-corrected chi connectivity index (χ0v) is 9.75. The van der Waals surface area contributed by atoms with E-state index in [1.54, 1.807) is 0 Å². The smallest absolute Gasteiger partial charge is 0.223 e. The molecule has 0 bridgehead atoms. The van der Waals surface area contributed by atoms with Crippen LogP contribution in [-0.4, -0.2) is 25.5 Å². The predicted octanol–water partition coefficient (Wildman–Crippen LogP) is 0.652. The molecule has 0 radical (unpaired) electrons. The van der Waals surface area contributed by atoms with Crippen molar-refractivity contribution in [2.75, 3.05) is 19.6 Å². The van der Waals surface area contributed by atoms with Crippen molar-refractivity contribution < 1.29 is 4.79 Å². The molecule has 2 fully saturated rings. The van der Waals surface area contributed by atoms with Gasteiger partial charge in [0.05, 0.1) is 12.0 Å². The van der Waals surface area contributed by atoms with Gasteiger partial charge < -0.3 is 10.6 Å². The molecule has 1 aliphatic heterocycles. The van der Waals surface area contributed by atoms with Crippen LogP contribution in [0, 0.1) is 28.6 Å². The molecule has 16 heavy (non-hydrogen) atoms. The van der Waals surface area contributed by atoms with E-state index in [0.717, 1.165) is 32.4 Å². The van der Waals surface area contributed by atoms with Crippen molar-refractivity contribution in [3.63, 3.8) is 0 Å². The first-order valence-electron chi connectivity index (χ1n) is 6.06. The van der Waals surface area contributed by atoms with E-state index in [1.807, 2.05) is 6.92 Å². The van der Waals surface area contributed by atoms with Gasteiger partial charge in [0.15, 0.2) is 0 Å². The number of rotatable bonds is 3. The van der Waals surface area contributed by atoms with Crippen LogP contribution < -0.4 is 10.6 Å². The maximum Gasteiger partial charge on any atom is 0.223 e. The van der Waals surface area contributed by atoms with Gasteiger partial charge in [-0.1, -0.05) is 0 Å². The summed E-state index contributed by atoms with van der Waals surface area (Å²) >= 11 is 0. The van der Waals surface area contributed by atoms with E-state index in [4.69, 9.17) is 5.26 Å². The second-order valence-corrected chi connectivity index (χ2v) is 5.14. The minimum atomic E-state index is -0.0910. The van der Waals surface area contributed by atoms with Crippen LogP contribution in [-0.2, 0) is 4.79 Å². The van der Waals surface area contributed by atoms with Crippen molar-refractivity contribution in [1.29, 1.82) is 5.26 Å². The van der Waals surface area contributed by atoms with Gasteiger partial charge in [0.2, 0.25) is 5.91 Å². The highest BCUT2D eigenvalue weighted by Crippen LogP contribution is 2.58. The molecule has 2 atom stereocenters. The number of nitrogens with zero attached hydrogens (tertiary/aromatic N) is 1. The Labute approximate surface area is 96.4 Å². The van der Waals surface area contributed by atoms with Crippen molar-refractivity contribution in [1.82, 2.24) is 10.6 Å². The fraction of sp³-hybridized carbons (Fsp3) is 0.833. The van der Waals surface area contributed by atoms with Gasteiger partial charge in [-0.3, -0.25) is 4.79 Å². The SMILES string of the molecule is CC(C#N)CNC(=O)C1CC12CCNCC2. The molecule has 0 aromatic rings. The van der Waals surface area contributed by atoms with Crippen molar-refractivity contribution in [2.45, 2.75) is 26.2 Å². The van der Waals surface area contributed by atoms with Crippen LogP contribution in [0.1, 0.15) is 26.2 Å². The molecule has 1 amide bonds. The highest BCUT2D eigenvalue weighted by atomic mass is 16.2. The Morgan fingerprint density at radius 1 is 1.62 bits per heavy atom. The summed E-state index contributed by atoms with van der Waals surface area (Å²) in [5.74, 6) is 0.274. The summed E-state index contributed by atoms with van der Waals surface area (Å²) in [6.45, 7) is 4.39. The topological polar surface area (TPSA) is 64.9 Å². The van der Waals surface area contributed by atoms with Gasteiger partial charge in [0.1, 0.15) is 0 Å². The highest BCUT2D eigenvalue weighted by Gasteiger charge is 2.57. The third-order valence-electron chi connectivity index (χ3n) is 3.91. The Morgan fingerprint density at radius 3 is 2.94 bits per heavy atom. The summed E-state index contributed by atoms with van der Waals surface area (Å²) < 4.78 is 0. The minimum Gasteiger partial charge on any atom is -0.355 e. The standard InChI is InChI=1S/C12H19N3O/c1-9(7-13)8-15-11(16)10-6-12(10)2-4-14-5-3-12/h9-10,14H,2-6,8H2,1H3,(H,15,16). The van der Waals surface area contributed by atoms with Crippen LogP contribution in [0.2, 0.25) is 0 Å². The number of hydrogen-bond acceptors (Lipinski definition) is 3. The number of piperidine rings is 1. The normalized spacial score (nSPS) is 28.1. The Hall–Kier alpha value is -1.08. The number of nitrogens with one attached hydrogen (secondary N) is 2. The molecule has 4 heteroatoms. The van der Waals surface area contributed by atoms with E-state index in [1.165, 1.54) is 0 Å². The summed E-state index contributed by atoms with van der Waals surface area (Å²) in [5, 5.41) is 14.8. The Kier molecular flexibility index (Phi) is 3.15. The number of nitriles is 1. The van der Waals surface area contributed by atoms with Crippen LogP contribution in [0.25, 0.3) is 0 Å². The van der Waals surface area contributed by atoms with Crippen molar-refractivity contribution in [2.24, 2.45) is 17.3 Å². The molecular formula is C12H19N3O. The highest BCUT2D eigenvalue weighted by molar-refractivity contribution is 5.82. The first-order valence-corrected chi connectivity index (χ1v) is 6.06. The summed E-state index contributed by atoms with van der Waals surface area (Å²) in [6.07, 6.45) is 3.29. The largest absolute Gasteiger partial charge is 0.355 e. The summed E-state index contributed by atoms with van der Waals surface area (Å²) in [5.41, 5.74) is 0.297. The van der Waals surface area contributed by atoms with Crippen molar-refractivity contribution in [3.05, 3.63) is 0 Å². The van der Waals surface area contributed by atoms with Gasteiger partial charge in [-0.15, -0.1) is 0 Å². The summed E-state index contributed by atoms with van der Waals surface area (Å²) in [7, 11) is 0. The van der Waals surface area contributed by atoms with Crippen molar-refractivity contribution >= 4 is 5.91 Å². The van der Waals surface area contributed by atoms with Crippen LogP contribution >= 0.6 is 0 Å². The fourth-order valence-corrected chi connectivity index (χ4v) is 2.62. The second-order valence-electron chi connectivity index (χ2n) is 5.14. The zero-order chi connectivity index (χ0) is 11.6. The molecule has 0 aromatic carbocycles. The zero-order valence-electron chi connectivity index (χ0n) is 9.75. The quantitative estimate of drug-likeness (QED) is 0.735. The number of amides is 1. The molecule has 0 aromatic heterocycles. The van der Waals surface area contributed by atoms with Crippen LogP contribution in [0.15, 0.2) is 0 Å². The van der Waals surface area contributed by atoms with Gasteiger partial charge in [-0.05, 0) is 44.7 Å². The first-order chi connectivity index (χ1) is 7.68. The van der Waals surface area contributed by atoms with Crippen LogP contribution in [0.3, 0.4) is 0 Å². The number of carbonyl (C=O) groups is 1. The van der Waals surface area contributed by atoms with E-state index >= 15 is 0 Å². The average molecular weight is 221 g/mol. The maximum absolute atomic E-state index is 11.9. The molecule has 2 unspecified atom stereocenters. The molecule has 2 rings (SSSR count). The third-order valence-corrected chi connectivity index (χ3v) is 3.91. The van der Waals surface area contributed by atoms with E-state index in [0.29, 0.717) is 12.0 Å². The van der Waals surface area contributed by atoms with Gasteiger partial charge in [-0.2, -0.15) is 5.26 Å². The molecular weight excluding hydrogens is 202 g/mol. The molecule has 1 spiro atoms. The van der Waals surface area contributed by atoms with Gasteiger partial charge in [0.25, 0.3) is 0 Å². The minimum absolute atomic E-state index is 0.0910. The molecule has 88 valence electrons. The maximum atomic E-state index is 11.9. The van der Waals surface area contributed by atoms with E-state index in [-0.39, 0.29) is 17.7 Å². The van der Waals surface area contributed by atoms with Crippen LogP contribution in [0.4, 0.5) is 0 Å². The predicted molar refractivity (Wildman–Crippen MR) is 60.4 cm³/mol. The molecule has 1 heterocycles. The molecule has 2 aliphatic rings. The fourth-order valence-electron chi connectivity index (χ4n) is 2.62. The van der Waals surface area contributed by atoms with Crippen LogP contribution in [0.5, 0.6) is 0 Å². The molecule has 2 N–H and O–H groups in total. The van der Waals surface area contributed by atoms with Crippen molar-refractivity contribution in [3.8, 4) is 6.07 Å². The lowest BCUT2D eigenvalue weighted by Crippen LogP contribution is -2.35. The Morgan fingerprint density at radius 2 is 2.31 bits per heavy atom. The Bertz CT molecular complexity index is 315. The summed E-state index contributed by atoms with van der Waals surface area (Å²) in [6, 6.07) is 2.13. The lowest BCUT2D eigenvalue weighted by Gasteiger charge is -2.23. The monoisotopic (exact) mass is 221 g/mol. The molecule has 1 aliphatic carbocycles. The number of hydrogen-bond donors (Lipinski definition) is 2. The second kappa shape index (κ2) is 4.42. The third kappa shape index (κ3) is 2.19. The average Bonchev–Trinajstić information content (AvgIpc) is 3.00. The number of carbonyl (C=O) groups excluding carboxylic acids is 1. The molecule has 1 saturated carbocycles. The summed E-state index contributed by atoms with van der Waals surface area (Å²) in [4.78, 5) is 11.9. The van der Waals surface area contributed by atoms with E-state index < -0.39 is 0 Å². The van der Waals surface area contributed by atoms with Gasteiger partial charge in [-0.25, -0.2) is 0 Å². The van der Waals surface area contributed by atoms with Gasteiger partial charge >= 0.3 is 0 Å². The lowest BCUT2D eigenvalue weighted by molar-refractivity contribution is -0.123. The van der Waals surface area contributed by atoms with Gasteiger partial charge in [0, 0.05) is 12.5 Å². The molecule has 1 saturated heterocycles.